The number of rotatable bonds is 4. The number of aryl methyl sites for hydroxylation is 1. The van der Waals surface area contributed by atoms with Gasteiger partial charge in [0.15, 0.2) is 0 Å². The third-order valence-electron chi connectivity index (χ3n) is 3.91. The molecule has 26 heavy (non-hydrogen) atoms. The summed E-state index contributed by atoms with van der Waals surface area (Å²) >= 11 is 7.55. The second kappa shape index (κ2) is 7.69. The van der Waals surface area contributed by atoms with E-state index < -0.39 is 0 Å². The van der Waals surface area contributed by atoms with E-state index in [0.29, 0.717) is 22.9 Å². The number of pyridine rings is 1. The van der Waals surface area contributed by atoms with E-state index in [0.717, 1.165) is 26.4 Å². The van der Waals surface area contributed by atoms with Crippen molar-refractivity contribution in [3.05, 3.63) is 75.0 Å². The molecular weight excluding hydrogens is 366 g/mol. The number of anilines is 1. The lowest BCUT2D eigenvalue weighted by molar-refractivity contribution is -0.114. The molecule has 0 saturated carbocycles. The Morgan fingerprint density at radius 1 is 1.31 bits per heavy atom. The van der Waals surface area contributed by atoms with Crippen LogP contribution in [0, 0.1) is 13.5 Å². The van der Waals surface area contributed by atoms with Gasteiger partial charge in [-0.25, -0.2) is 9.83 Å². The van der Waals surface area contributed by atoms with Gasteiger partial charge in [-0.3, -0.25) is 4.79 Å². The second-order valence-electron chi connectivity index (χ2n) is 5.84. The monoisotopic (exact) mass is 381 g/mol. The van der Waals surface area contributed by atoms with Crippen LogP contribution in [-0.4, -0.2) is 10.9 Å². The number of carbonyl (C=O) groups excluding carboxylic acids is 1. The molecule has 2 heterocycles. The highest BCUT2D eigenvalue weighted by Gasteiger charge is 2.18. The van der Waals surface area contributed by atoms with Gasteiger partial charge in [-0.1, -0.05) is 23.7 Å². The van der Waals surface area contributed by atoms with Crippen molar-refractivity contribution in [2.45, 2.75) is 20.3 Å². The lowest BCUT2D eigenvalue weighted by Crippen LogP contribution is -2.07. The number of carbonyl (C=O) groups is 1. The van der Waals surface area contributed by atoms with Crippen LogP contribution in [0.5, 0.6) is 0 Å². The van der Waals surface area contributed by atoms with Crippen LogP contribution in [0.25, 0.3) is 15.3 Å². The number of nitrogens with one attached hydrogen (secondary N) is 1. The highest BCUT2D eigenvalue weighted by atomic mass is 35.5. The van der Waals surface area contributed by atoms with Crippen LogP contribution in [0.2, 0.25) is 5.02 Å². The van der Waals surface area contributed by atoms with Crippen LogP contribution >= 0.6 is 22.9 Å². The summed E-state index contributed by atoms with van der Waals surface area (Å²) in [5.74, 6) is 0.307. The summed E-state index contributed by atoms with van der Waals surface area (Å²) < 4.78 is 0. The predicted molar refractivity (Wildman–Crippen MR) is 107 cm³/mol. The predicted octanol–water partition coefficient (Wildman–Crippen LogP) is 5.87. The van der Waals surface area contributed by atoms with Gasteiger partial charge in [-0.05, 0) is 59.2 Å². The summed E-state index contributed by atoms with van der Waals surface area (Å²) in [5, 5.41) is 3.38. The Hall–Kier alpha value is -2.68. The Morgan fingerprint density at radius 3 is 2.69 bits per heavy atom. The molecule has 0 radical (unpaired) electrons. The van der Waals surface area contributed by atoms with E-state index in [-0.39, 0.29) is 5.91 Å². The maximum Gasteiger partial charge on any atom is 0.222 e. The Morgan fingerprint density at radius 2 is 2.04 bits per heavy atom. The molecule has 1 amide bonds. The van der Waals surface area contributed by atoms with Crippen LogP contribution in [0.4, 0.5) is 11.5 Å². The first-order valence-electron chi connectivity index (χ1n) is 7.96. The molecule has 0 aliphatic heterocycles. The lowest BCUT2D eigenvalue weighted by Gasteiger charge is -2.05. The van der Waals surface area contributed by atoms with Gasteiger partial charge < -0.3 is 5.32 Å². The zero-order chi connectivity index (χ0) is 18.7. The SMILES string of the molecule is [C-]#[N+]c1c(-c2ccnc(NC(C)=O)c2)sc(C)c1Cc1ccc(Cl)cc1. The van der Waals surface area contributed by atoms with E-state index in [4.69, 9.17) is 18.2 Å². The van der Waals surface area contributed by atoms with Crippen LogP contribution in [-0.2, 0) is 11.2 Å². The number of hydrogen-bond donors (Lipinski definition) is 1. The van der Waals surface area contributed by atoms with Crippen LogP contribution < -0.4 is 5.32 Å². The van der Waals surface area contributed by atoms with Gasteiger partial charge in [0.1, 0.15) is 5.82 Å². The van der Waals surface area contributed by atoms with Gasteiger partial charge in [0.25, 0.3) is 0 Å². The van der Waals surface area contributed by atoms with Crippen LogP contribution in [0.15, 0.2) is 42.6 Å². The standard InChI is InChI=1S/C20H16ClN3OS/c1-12-17(10-14-4-6-16(21)7-5-14)19(22-3)20(26-12)15-8-9-23-18(11-15)24-13(2)25/h4-9,11H,10H2,1-2H3,(H,23,24,25). The molecule has 3 aromatic rings. The fourth-order valence-corrected chi connectivity index (χ4v) is 3.95. The summed E-state index contributed by atoms with van der Waals surface area (Å²) in [5.41, 5.74) is 3.67. The molecule has 1 N–H and O–H groups in total. The van der Waals surface area contributed by atoms with Crippen molar-refractivity contribution in [2.75, 3.05) is 5.32 Å². The summed E-state index contributed by atoms with van der Waals surface area (Å²) in [6.07, 6.45) is 2.32. The smallest absolute Gasteiger partial charge is 0.222 e. The van der Waals surface area contributed by atoms with E-state index in [2.05, 4.69) is 15.1 Å². The molecule has 3 rings (SSSR count). The van der Waals surface area contributed by atoms with Gasteiger partial charge in [0, 0.05) is 23.0 Å². The van der Waals surface area contributed by atoms with Gasteiger partial charge in [-0.2, -0.15) is 11.3 Å². The number of hydrogen-bond acceptors (Lipinski definition) is 3. The topological polar surface area (TPSA) is 46.4 Å². The van der Waals surface area contributed by atoms with Crippen molar-refractivity contribution >= 4 is 40.4 Å². The molecule has 0 aliphatic carbocycles. The minimum atomic E-state index is -0.175. The second-order valence-corrected chi connectivity index (χ2v) is 7.50. The van der Waals surface area contributed by atoms with Crippen molar-refractivity contribution in [3.8, 4) is 10.4 Å². The molecule has 0 aliphatic rings. The molecule has 0 fully saturated rings. The zero-order valence-electron chi connectivity index (χ0n) is 14.3. The quantitative estimate of drug-likeness (QED) is 0.574. The molecule has 1 aromatic carbocycles. The number of amides is 1. The third kappa shape index (κ3) is 3.93. The maximum absolute atomic E-state index is 11.3. The lowest BCUT2D eigenvalue weighted by atomic mass is 10.0. The fraction of sp³-hybridized carbons (Fsp3) is 0.150. The summed E-state index contributed by atoms with van der Waals surface area (Å²) in [6, 6.07) is 11.3. The zero-order valence-corrected chi connectivity index (χ0v) is 15.9. The summed E-state index contributed by atoms with van der Waals surface area (Å²) in [4.78, 5) is 21.2. The minimum Gasteiger partial charge on any atom is -0.311 e. The average molecular weight is 382 g/mol. The number of benzene rings is 1. The molecule has 0 bridgehead atoms. The molecule has 0 spiro atoms. The van der Waals surface area contributed by atoms with Crippen molar-refractivity contribution in [3.63, 3.8) is 0 Å². The van der Waals surface area contributed by atoms with Crippen molar-refractivity contribution in [2.24, 2.45) is 0 Å². The molecule has 0 saturated heterocycles. The van der Waals surface area contributed by atoms with Gasteiger partial charge >= 0.3 is 0 Å². The Kier molecular flexibility index (Phi) is 5.36. The van der Waals surface area contributed by atoms with Gasteiger partial charge in [0.2, 0.25) is 11.6 Å². The minimum absolute atomic E-state index is 0.175. The molecule has 130 valence electrons. The first kappa shape index (κ1) is 18.1. The number of halogens is 1. The normalized spacial score (nSPS) is 10.4. The average Bonchev–Trinajstić information content (AvgIpc) is 2.92. The van der Waals surface area contributed by atoms with Crippen molar-refractivity contribution in [1.29, 1.82) is 0 Å². The largest absolute Gasteiger partial charge is 0.311 e. The van der Waals surface area contributed by atoms with E-state index in [1.807, 2.05) is 37.3 Å². The number of nitrogens with zero attached hydrogens (tertiary/aromatic N) is 2. The molecule has 4 nitrogen and oxygen atoms in total. The Labute approximate surface area is 161 Å². The maximum atomic E-state index is 11.3. The van der Waals surface area contributed by atoms with Crippen LogP contribution in [0.1, 0.15) is 22.9 Å². The third-order valence-corrected chi connectivity index (χ3v) is 5.35. The van der Waals surface area contributed by atoms with E-state index in [9.17, 15) is 4.79 Å². The molecular formula is C20H16ClN3OS. The fourth-order valence-electron chi connectivity index (χ4n) is 2.72. The molecule has 0 atom stereocenters. The van der Waals surface area contributed by atoms with Crippen molar-refractivity contribution < 1.29 is 4.79 Å². The highest BCUT2D eigenvalue weighted by molar-refractivity contribution is 7.16. The van der Waals surface area contributed by atoms with E-state index in [1.165, 1.54) is 6.92 Å². The Balaban J connectivity index is 2.01. The molecule has 6 heteroatoms. The molecule has 0 unspecified atom stereocenters. The first-order chi connectivity index (χ1) is 12.5. The van der Waals surface area contributed by atoms with Crippen LogP contribution in [0.3, 0.4) is 0 Å². The molecule has 2 aromatic heterocycles. The number of thiophene rings is 1. The van der Waals surface area contributed by atoms with E-state index in [1.54, 1.807) is 23.6 Å². The van der Waals surface area contributed by atoms with E-state index >= 15 is 0 Å². The number of aromatic nitrogens is 1. The van der Waals surface area contributed by atoms with Gasteiger partial charge in [0.05, 0.1) is 6.57 Å². The Bertz CT molecular complexity index is 1000. The first-order valence-corrected chi connectivity index (χ1v) is 9.15. The summed E-state index contributed by atoms with van der Waals surface area (Å²) in [7, 11) is 0. The summed E-state index contributed by atoms with van der Waals surface area (Å²) in [6.45, 7) is 11.2. The highest BCUT2D eigenvalue weighted by Crippen LogP contribution is 2.43. The van der Waals surface area contributed by atoms with Crippen molar-refractivity contribution in [1.82, 2.24) is 4.98 Å². The van der Waals surface area contributed by atoms with Gasteiger partial charge in [-0.15, -0.1) is 0 Å².